The summed E-state index contributed by atoms with van der Waals surface area (Å²) in [6.45, 7) is 13.9. The Morgan fingerprint density at radius 2 is 1.56 bits per heavy atom. The Labute approximate surface area is 102 Å². The van der Waals surface area contributed by atoms with Crippen LogP contribution in [0.15, 0.2) is 36.1 Å². The average molecular weight is 253 g/mol. The largest absolute Gasteiger partial charge is 0.547 e. The molecule has 1 nitrogen and oxygen atoms in total. The molecule has 0 fully saturated rings. The van der Waals surface area contributed by atoms with Crippen LogP contribution in [-0.4, -0.2) is 16.4 Å². The lowest BCUT2D eigenvalue weighted by molar-refractivity contribution is 0.410. The van der Waals surface area contributed by atoms with Gasteiger partial charge in [-0.25, -0.2) is 0 Å². The lowest BCUT2D eigenvalue weighted by Gasteiger charge is -2.32. The molecule has 1 rings (SSSR count). The summed E-state index contributed by atoms with van der Waals surface area (Å²) < 4.78 is 6.23. The molecule has 0 heterocycles. The fourth-order valence-electron chi connectivity index (χ4n) is 1.75. The van der Waals surface area contributed by atoms with Crippen LogP contribution in [0.25, 0.3) is 0 Å². The second-order valence-corrected chi connectivity index (χ2v) is 16.2. The maximum atomic E-state index is 6.23. The van der Waals surface area contributed by atoms with Crippen molar-refractivity contribution in [3.8, 4) is 0 Å². The molecule has 1 unspecified atom stereocenters. The van der Waals surface area contributed by atoms with Gasteiger partial charge in [-0.2, -0.15) is 0 Å². The predicted molar refractivity (Wildman–Crippen MR) is 77.9 cm³/mol. The molecule has 1 aliphatic rings. The van der Waals surface area contributed by atoms with Crippen molar-refractivity contribution in [2.75, 3.05) is 0 Å². The molecule has 3 heteroatoms. The maximum absolute atomic E-state index is 6.23. The zero-order valence-corrected chi connectivity index (χ0v) is 13.4. The maximum Gasteiger partial charge on any atom is 0.241 e. The third kappa shape index (κ3) is 4.14. The molecule has 0 bridgehead atoms. The van der Waals surface area contributed by atoms with E-state index in [1.807, 2.05) is 0 Å². The van der Waals surface area contributed by atoms with Gasteiger partial charge in [0.05, 0.1) is 13.8 Å². The second kappa shape index (κ2) is 4.76. The Bertz CT molecular complexity index is 327. The van der Waals surface area contributed by atoms with Gasteiger partial charge in [-0.15, -0.1) is 0 Å². The van der Waals surface area contributed by atoms with Crippen LogP contribution in [0.3, 0.4) is 0 Å². The van der Waals surface area contributed by atoms with Crippen LogP contribution in [0, 0.1) is 0 Å². The monoisotopic (exact) mass is 252 g/mol. The van der Waals surface area contributed by atoms with E-state index >= 15 is 0 Å². The number of hydrogen-bond acceptors (Lipinski definition) is 1. The van der Waals surface area contributed by atoms with Crippen molar-refractivity contribution >= 4 is 16.4 Å². The molecule has 0 N–H and O–H groups in total. The molecular weight excluding hydrogens is 228 g/mol. The van der Waals surface area contributed by atoms with Crippen molar-refractivity contribution < 1.29 is 4.43 Å². The molecule has 0 saturated heterocycles. The fourth-order valence-corrected chi connectivity index (χ4v) is 4.47. The first-order valence-corrected chi connectivity index (χ1v) is 12.9. The first kappa shape index (κ1) is 13.5. The number of rotatable bonds is 3. The van der Waals surface area contributed by atoms with Gasteiger partial charge in [-0.3, -0.25) is 0 Å². The van der Waals surface area contributed by atoms with Crippen molar-refractivity contribution in [2.24, 2.45) is 0 Å². The molecule has 90 valence electrons. The summed E-state index contributed by atoms with van der Waals surface area (Å²) in [5.41, 5.74) is 0.509. The van der Waals surface area contributed by atoms with E-state index in [0.717, 1.165) is 0 Å². The summed E-state index contributed by atoms with van der Waals surface area (Å²) in [4.78, 5) is 0. The first-order chi connectivity index (χ1) is 7.20. The molecule has 1 aliphatic carbocycles. The molecular formula is C13H24OSi2. The summed E-state index contributed by atoms with van der Waals surface area (Å²) in [5, 5.41) is 0. The highest BCUT2D eigenvalue weighted by Gasteiger charge is 2.31. The van der Waals surface area contributed by atoms with Crippen LogP contribution in [-0.2, 0) is 4.43 Å². The van der Waals surface area contributed by atoms with Gasteiger partial charge < -0.3 is 4.43 Å². The van der Waals surface area contributed by atoms with Crippen LogP contribution in [0.5, 0.6) is 0 Å². The Kier molecular flexibility index (Phi) is 4.02. The third-order valence-electron chi connectivity index (χ3n) is 2.45. The van der Waals surface area contributed by atoms with E-state index in [1.54, 1.807) is 0 Å². The van der Waals surface area contributed by atoms with E-state index in [-0.39, 0.29) is 0 Å². The SMILES string of the molecule is C[Si](C)(C)OC1=CC=CC=CC1[Si](C)(C)C. The topological polar surface area (TPSA) is 9.23 Å². The minimum atomic E-state index is -1.50. The lowest BCUT2D eigenvalue weighted by Crippen LogP contribution is -2.33. The quantitative estimate of drug-likeness (QED) is 0.669. The van der Waals surface area contributed by atoms with E-state index in [1.165, 1.54) is 5.76 Å². The molecule has 0 spiro atoms. The molecule has 0 aromatic rings. The van der Waals surface area contributed by atoms with Crippen LogP contribution < -0.4 is 0 Å². The van der Waals surface area contributed by atoms with E-state index in [0.29, 0.717) is 5.54 Å². The smallest absolute Gasteiger partial charge is 0.241 e. The summed E-state index contributed by atoms with van der Waals surface area (Å²) in [7, 11) is -2.75. The minimum Gasteiger partial charge on any atom is -0.547 e. The molecule has 0 aliphatic heterocycles. The van der Waals surface area contributed by atoms with E-state index in [2.05, 4.69) is 69.7 Å². The van der Waals surface area contributed by atoms with Crippen molar-refractivity contribution in [1.82, 2.24) is 0 Å². The van der Waals surface area contributed by atoms with Gasteiger partial charge in [-0.05, 0) is 25.7 Å². The normalized spacial score (nSPS) is 21.6. The lowest BCUT2D eigenvalue weighted by atomic mass is 10.3. The second-order valence-electron chi connectivity index (χ2n) is 6.40. The number of hydrogen-bond donors (Lipinski definition) is 0. The van der Waals surface area contributed by atoms with Gasteiger partial charge in [0.15, 0.2) is 0 Å². The van der Waals surface area contributed by atoms with Crippen molar-refractivity contribution in [3.63, 3.8) is 0 Å². The first-order valence-electron chi connectivity index (χ1n) is 5.94. The van der Waals surface area contributed by atoms with E-state index < -0.39 is 16.4 Å². The molecule has 0 aromatic heterocycles. The van der Waals surface area contributed by atoms with Gasteiger partial charge in [-0.1, -0.05) is 43.9 Å². The van der Waals surface area contributed by atoms with Gasteiger partial charge in [0.1, 0.15) is 0 Å². The summed E-state index contributed by atoms with van der Waals surface area (Å²) in [6.07, 6.45) is 10.8. The summed E-state index contributed by atoms with van der Waals surface area (Å²) >= 11 is 0. The molecule has 1 atom stereocenters. The van der Waals surface area contributed by atoms with Gasteiger partial charge in [0.25, 0.3) is 0 Å². The predicted octanol–water partition coefficient (Wildman–Crippen LogP) is 4.56. The molecule has 0 radical (unpaired) electrons. The Morgan fingerprint density at radius 1 is 0.938 bits per heavy atom. The van der Waals surface area contributed by atoms with Gasteiger partial charge in [0, 0.05) is 5.54 Å². The van der Waals surface area contributed by atoms with Crippen LogP contribution in [0.4, 0.5) is 0 Å². The van der Waals surface area contributed by atoms with Crippen molar-refractivity contribution in [3.05, 3.63) is 36.1 Å². The van der Waals surface area contributed by atoms with Crippen molar-refractivity contribution in [1.29, 1.82) is 0 Å². The van der Waals surface area contributed by atoms with Crippen LogP contribution >= 0.6 is 0 Å². The highest BCUT2D eigenvalue weighted by molar-refractivity contribution is 6.79. The van der Waals surface area contributed by atoms with Gasteiger partial charge >= 0.3 is 0 Å². The van der Waals surface area contributed by atoms with Crippen LogP contribution in [0.1, 0.15) is 0 Å². The zero-order chi connectivity index (χ0) is 12.4. The highest BCUT2D eigenvalue weighted by atomic mass is 28.4. The highest BCUT2D eigenvalue weighted by Crippen LogP contribution is 2.34. The number of allylic oxidation sites excluding steroid dienone is 5. The molecule has 0 aromatic carbocycles. The van der Waals surface area contributed by atoms with E-state index in [9.17, 15) is 0 Å². The van der Waals surface area contributed by atoms with E-state index in [4.69, 9.17) is 4.43 Å². The average Bonchev–Trinajstić information content (AvgIpc) is 2.25. The molecule has 16 heavy (non-hydrogen) atoms. The third-order valence-corrected chi connectivity index (χ3v) is 5.64. The minimum absolute atomic E-state index is 0.509. The Balaban J connectivity index is 2.97. The zero-order valence-electron chi connectivity index (χ0n) is 11.4. The Morgan fingerprint density at radius 3 is 2.06 bits per heavy atom. The molecule has 0 saturated carbocycles. The Hall–Kier alpha value is -0.546. The van der Waals surface area contributed by atoms with Crippen molar-refractivity contribution in [2.45, 2.75) is 44.8 Å². The standard InChI is InChI=1S/C13H24OSi2/c1-15(2,3)13-11-9-7-8-10-12(13)14-16(4,5)6/h7-11,13H,1-6H3. The fraction of sp³-hybridized carbons (Fsp3) is 0.538. The summed E-state index contributed by atoms with van der Waals surface area (Å²) in [6, 6.07) is 0. The van der Waals surface area contributed by atoms with Gasteiger partial charge in [0.2, 0.25) is 8.32 Å². The summed E-state index contributed by atoms with van der Waals surface area (Å²) in [5.74, 6) is 1.18. The van der Waals surface area contributed by atoms with Crippen LogP contribution in [0.2, 0.25) is 44.8 Å². The molecule has 0 amide bonds.